The van der Waals surface area contributed by atoms with Crippen LogP contribution in [0.25, 0.3) is 0 Å². The number of nitrogens with one attached hydrogen (secondary N) is 1. The Labute approximate surface area is 105 Å². The molecule has 0 saturated carbocycles. The lowest BCUT2D eigenvalue weighted by Crippen LogP contribution is -2.31. The maximum Gasteiger partial charge on any atom is 0.251 e. The SMILES string of the molecule is NC(=O)c1ccc(C(=O)NCC2CCCO2)cc1. The summed E-state index contributed by atoms with van der Waals surface area (Å²) in [6.07, 6.45) is 2.16. The number of carbonyl (C=O) groups is 2. The maximum atomic E-state index is 11.8. The number of hydrogen-bond acceptors (Lipinski definition) is 3. The maximum absolute atomic E-state index is 11.8. The number of nitrogens with two attached hydrogens (primary N) is 1. The van der Waals surface area contributed by atoms with Crippen LogP contribution in [0.4, 0.5) is 0 Å². The van der Waals surface area contributed by atoms with E-state index in [4.69, 9.17) is 10.5 Å². The minimum atomic E-state index is -0.499. The van der Waals surface area contributed by atoms with Crippen molar-refractivity contribution in [1.82, 2.24) is 5.32 Å². The predicted molar refractivity (Wildman–Crippen MR) is 66.3 cm³/mol. The van der Waals surface area contributed by atoms with Gasteiger partial charge in [-0.25, -0.2) is 0 Å². The van der Waals surface area contributed by atoms with E-state index in [1.807, 2.05) is 0 Å². The Balaban J connectivity index is 1.89. The predicted octanol–water partition coefficient (Wildman–Crippen LogP) is 0.694. The molecule has 96 valence electrons. The van der Waals surface area contributed by atoms with Gasteiger partial charge in [0.15, 0.2) is 0 Å². The van der Waals surface area contributed by atoms with Gasteiger partial charge in [-0.1, -0.05) is 0 Å². The Kier molecular flexibility index (Phi) is 3.94. The second kappa shape index (κ2) is 5.64. The van der Waals surface area contributed by atoms with Crippen LogP contribution < -0.4 is 11.1 Å². The first-order valence-electron chi connectivity index (χ1n) is 5.96. The molecule has 0 aliphatic carbocycles. The molecular weight excluding hydrogens is 232 g/mol. The first-order chi connectivity index (χ1) is 8.66. The quantitative estimate of drug-likeness (QED) is 0.822. The first kappa shape index (κ1) is 12.6. The fourth-order valence-electron chi connectivity index (χ4n) is 1.90. The summed E-state index contributed by atoms with van der Waals surface area (Å²) in [7, 11) is 0. The van der Waals surface area contributed by atoms with Crippen molar-refractivity contribution in [2.24, 2.45) is 5.73 Å². The molecule has 1 atom stereocenters. The van der Waals surface area contributed by atoms with Gasteiger partial charge in [0.25, 0.3) is 5.91 Å². The van der Waals surface area contributed by atoms with E-state index < -0.39 is 5.91 Å². The summed E-state index contributed by atoms with van der Waals surface area (Å²) in [6, 6.07) is 6.27. The van der Waals surface area contributed by atoms with Crippen molar-refractivity contribution >= 4 is 11.8 Å². The lowest BCUT2D eigenvalue weighted by atomic mass is 10.1. The Hall–Kier alpha value is -1.88. The Morgan fingerprint density at radius 1 is 1.28 bits per heavy atom. The first-order valence-corrected chi connectivity index (χ1v) is 5.96. The summed E-state index contributed by atoms with van der Waals surface area (Å²) < 4.78 is 5.41. The van der Waals surface area contributed by atoms with Gasteiger partial charge in [-0.2, -0.15) is 0 Å². The van der Waals surface area contributed by atoms with E-state index in [9.17, 15) is 9.59 Å². The molecule has 0 bridgehead atoms. The van der Waals surface area contributed by atoms with Crippen LogP contribution in [0.15, 0.2) is 24.3 Å². The summed E-state index contributed by atoms with van der Waals surface area (Å²) in [5, 5.41) is 2.81. The average molecular weight is 248 g/mol. The number of ether oxygens (including phenoxy) is 1. The molecule has 3 N–H and O–H groups in total. The second-order valence-corrected chi connectivity index (χ2v) is 4.29. The van der Waals surface area contributed by atoms with Crippen LogP contribution in [0.5, 0.6) is 0 Å². The zero-order valence-electron chi connectivity index (χ0n) is 10.0. The molecule has 1 heterocycles. The fraction of sp³-hybridized carbons (Fsp3) is 0.385. The molecule has 5 nitrogen and oxygen atoms in total. The number of rotatable bonds is 4. The van der Waals surface area contributed by atoms with Gasteiger partial charge in [0.1, 0.15) is 0 Å². The molecule has 1 saturated heterocycles. The summed E-state index contributed by atoms with van der Waals surface area (Å²) in [5.41, 5.74) is 6.03. The van der Waals surface area contributed by atoms with Crippen molar-refractivity contribution in [3.05, 3.63) is 35.4 Å². The zero-order chi connectivity index (χ0) is 13.0. The minimum Gasteiger partial charge on any atom is -0.376 e. The van der Waals surface area contributed by atoms with Gasteiger partial charge in [0.05, 0.1) is 6.10 Å². The smallest absolute Gasteiger partial charge is 0.251 e. The van der Waals surface area contributed by atoms with Gasteiger partial charge in [-0.15, -0.1) is 0 Å². The Morgan fingerprint density at radius 3 is 2.50 bits per heavy atom. The fourth-order valence-corrected chi connectivity index (χ4v) is 1.90. The normalized spacial score (nSPS) is 18.6. The topological polar surface area (TPSA) is 81.4 Å². The van der Waals surface area contributed by atoms with Crippen molar-refractivity contribution in [3.8, 4) is 0 Å². The van der Waals surface area contributed by atoms with Crippen LogP contribution in [0.1, 0.15) is 33.6 Å². The van der Waals surface area contributed by atoms with E-state index in [0.717, 1.165) is 19.4 Å². The molecule has 1 aliphatic heterocycles. The highest BCUT2D eigenvalue weighted by molar-refractivity contribution is 5.97. The number of benzene rings is 1. The molecule has 1 aromatic carbocycles. The van der Waals surface area contributed by atoms with Crippen molar-refractivity contribution in [2.75, 3.05) is 13.2 Å². The molecule has 0 spiro atoms. The zero-order valence-corrected chi connectivity index (χ0v) is 10.0. The monoisotopic (exact) mass is 248 g/mol. The van der Waals surface area contributed by atoms with Gasteiger partial charge < -0.3 is 15.8 Å². The van der Waals surface area contributed by atoms with Gasteiger partial charge in [-0.3, -0.25) is 9.59 Å². The van der Waals surface area contributed by atoms with E-state index in [1.165, 1.54) is 0 Å². The molecule has 1 unspecified atom stereocenters. The number of amides is 2. The number of hydrogen-bond donors (Lipinski definition) is 2. The standard InChI is InChI=1S/C13H16N2O3/c14-12(16)9-3-5-10(6-4-9)13(17)15-8-11-2-1-7-18-11/h3-6,11H,1-2,7-8H2,(H2,14,16)(H,15,17). The third-order valence-electron chi connectivity index (χ3n) is 2.95. The molecule has 0 aromatic heterocycles. The molecule has 1 aromatic rings. The third kappa shape index (κ3) is 3.07. The third-order valence-corrected chi connectivity index (χ3v) is 2.95. The van der Waals surface area contributed by atoms with Crippen LogP contribution in [0, 0.1) is 0 Å². The molecular formula is C13H16N2O3. The number of primary amides is 1. The highest BCUT2D eigenvalue weighted by Crippen LogP contribution is 2.11. The Morgan fingerprint density at radius 2 is 1.94 bits per heavy atom. The second-order valence-electron chi connectivity index (χ2n) is 4.29. The van der Waals surface area contributed by atoms with Crippen molar-refractivity contribution in [3.63, 3.8) is 0 Å². The molecule has 2 rings (SSSR count). The van der Waals surface area contributed by atoms with Crippen LogP contribution in [0.2, 0.25) is 0 Å². The lowest BCUT2D eigenvalue weighted by molar-refractivity contribution is 0.0857. The molecule has 2 amide bonds. The van der Waals surface area contributed by atoms with E-state index >= 15 is 0 Å². The average Bonchev–Trinajstić information content (AvgIpc) is 2.89. The highest BCUT2D eigenvalue weighted by atomic mass is 16.5. The molecule has 5 heteroatoms. The lowest BCUT2D eigenvalue weighted by Gasteiger charge is -2.10. The van der Waals surface area contributed by atoms with E-state index in [2.05, 4.69) is 5.32 Å². The molecule has 1 fully saturated rings. The highest BCUT2D eigenvalue weighted by Gasteiger charge is 2.16. The van der Waals surface area contributed by atoms with Gasteiger partial charge in [-0.05, 0) is 37.1 Å². The van der Waals surface area contributed by atoms with Crippen LogP contribution in [-0.4, -0.2) is 31.1 Å². The Bertz CT molecular complexity index is 436. The van der Waals surface area contributed by atoms with Crippen LogP contribution in [0.3, 0.4) is 0 Å². The van der Waals surface area contributed by atoms with Crippen LogP contribution in [-0.2, 0) is 4.74 Å². The summed E-state index contributed by atoms with van der Waals surface area (Å²) in [6.45, 7) is 1.30. The van der Waals surface area contributed by atoms with E-state index in [0.29, 0.717) is 17.7 Å². The van der Waals surface area contributed by atoms with Crippen molar-refractivity contribution in [2.45, 2.75) is 18.9 Å². The summed E-state index contributed by atoms with van der Waals surface area (Å²) in [5.74, 6) is -0.664. The van der Waals surface area contributed by atoms with Crippen molar-refractivity contribution < 1.29 is 14.3 Å². The molecule has 18 heavy (non-hydrogen) atoms. The van der Waals surface area contributed by atoms with Gasteiger partial charge in [0.2, 0.25) is 5.91 Å². The van der Waals surface area contributed by atoms with Gasteiger partial charge >= 0.3 is 0 Å². The number of carbonyl (C=O) groups excluding carboxylic acids is 2. The van der Waals surface area contributed by atoms with Gasteiger partial charge in [0, 0.05) is 24.3 Å². The summed E-state index contributed by atoms with van der Waals surface area (Å²) >= 11 is 0. The van der Waals surface area contributed by atoms with E-state index in [1.54, 1.807) is 24.3 Å². The largest absolute Gasteiger partial charge is 0.376 e. The minimum absolute atomic E-state index is 0.124. The molecule has 0 radical (unpaired) electrons. The summed E-state index contributed by atoms with van der Waals surface area (Å²) in [4.78, 5) is 22.7. The van der Waals surface area contributed by atoms with E-state index in [-0.39, 0.29) is 12.0 Å². The van der Waals surface area contributed by atoms with Crippen molar-refractivity contribution in [1.29, 1.82) is 0 Å². The van der Waals surface area contributed by atoms with Crippen LogP contribution >= 0.6 is 0 Å². The molecule has 1 aliphatic rings.